The van der Waals surface area contributed by atoms with E-state index in [0.717, 1.165) is 11.3 Å². The summed E-state index contributed by atoms with van der Waals surface area (Å²) < 4.78 is 12.3. The molecular formula is C19H26N4O4. The topological polar surface area (TPSA) is 89.5 Å². The lowest BCUT2D eigenvalue weighted by atomic mass is 10.1. The van der Waals surface area contributed by atoms with Crippen LogP contribution in [0.2, 0.25) is 0 Å². The summed E-state index contributed by atoms with van der Waals surface area (Å²) in [7, 11) is 0. The average molecular weight is 374 g/mol. The highest BCUT2D eigenvalue weighted by molar-refractivity contribution is 5.79. The van der Waals surface area contributed by atoms with Gasteiger partial charge >= 0.3 is 12.2 Å². The Morgan fingerprint density at radius 3 is 2.30 bits per heavy atom. The van der Waals surface area contributed by atoms with Gasteiger partial charge in [0.15, 0.2) is 0 Å². The maximum atomic E-state index is 12.5. The molecule has 1 amide bonds. The molecule has 0 bridgehead atoms. The van der Waals surface area contributed by atoms with Gasteiger partial charge in [-0.15, -0.1) is 0 Å². The van der Waals surface area contributed by atoms with Crippen molar-refractivity contribution in [3.8, 4) is 11.4 Å². The molecule has 1 aliphatic rings. The normalized spacial score (nSPS) is 14.2. The average Bonchev–Trinajstić information content (AvgIpc) is 3.18. The van der Waals surface area contributed by atoms with E-state index < -0.39 is 17.3 Å². The second-order valence-corrected chi connectivity index (χ2v) is 8.61. The molecule has 0 radical (unpaired) electrons. The van der Waals surface area contributed by atoms with Gasteiger partial charge in [-0.05, 0) is 53.7 Å². The van der Waals surface area contributed by atoms with Crippen LogP contribution in [0.1, 0.15) is 52.8 Å². The Balaban J connectivity index is 1.83. The number of nitrogens with zero attached hydrogens (tertiary/aromatic N) is 3. The van der Waals surface area contributed by atoms with Crippen LogP contribution in [0.25, 0.3) is 11.4 Å². The molecular weight excluding hydrogens is 348 g/mol. The van der Waals surface area contributed by atoms with Gasteiger partial charge in [0.05, 0.1) is 24.5 Å². The maximum Gasteiger partial charge on any atom is 0.419 e. The van der Waals surface area contributed by atoms with Crippen molar-refractivity contribution in [1.29, 1.82) is 0 Å². The van der Waals surface area contributed by atoms with Crippen molar-refractivity contribution in [2.75, 3.05) is 0 Å². The molecule has 8 nitrogen and oxygen atoms in total. The standard InChI is InChI=1S/C19H26N4O4/c1-18(2,3)26-16(24)22-10-12-13(11-22)20-21-15(12)14-8-7-9-23(14)17(25)27-19(4,5)6/h7-9H,10-11H2,1-6H3,(H,20,21). The van der Waals surface area contributed by atoms with E-state index >= 15 is 0 Å². The number of carbonyl (C=O) groups is 2. The minimum absolute atomic E-state index is 0.371. The molecule has 0 unspecified atom stereocenters. The highest BCUT2D eigenvalue weighted by Crippen LogP contribution is 2.32. The van der Waals surface area contributed by atoms with Crippen molar-refractivity contribution >= 4 is 12.2 Å². The molecule has 2 aromatic rings. The molecule has 1 aliphatic heterocycles. The Morgan fingerprint density at radius 2 is 1.67 bits per heavy atom. The summed E-state index contributed by atoms with van der Waals surface area (Å²) in [6.07, 6.45) is 0.798. The minimum atomic E-state index is -0.598. The molecule has 0 aromatic carbocycles. The molecule has 0 spiro atoms. The molecule has 2 aromatic heterocycles. The molecule has 3 heterocycles. The predicted octanol–water partition coefficient (Wildman–Crippen LogP) is 3.91. The van der Waals surface area contributed by atoms with Crippen molar-refractivity contribution in [2.45, 2.75) is 65.8 Å². The second-order valence-electron chi connectivity index (χ2n) is 8.61. The maximum absolute atomic E-state index is 12.5. The quantitative estimate of drug-likeness (QED) is 0.817. The van der Waals surface area contributed by atoms with Gasteiger partial charge in [-0.3, -0.25) is 14.6 Å². The van der Waals surface area contributed by atoms with Crippen LogP contribution in [-0.2, 0) is 22.6 Å². The Morgan fingerprint density at radius 1 is 1.04 bits per heavy atom. The van der Waals surface area contributed by atoms with Crippen LogP contribution in [0.15, 0.2) is 18.3 Å². The number of aromatic nitrogens is 3. The SMILES string of the molecule is CC(C)(C)OC(=O)N1Cc2[nH]nc(-c3cccn3C(=O)OC(C)(C)C)c2C1. The summed E-state index contributed by atoms with van der Waals surface area (Å²) in [5.74, 6) is 0. The highest BCUT2D eigenvalue weighted by atomic mass is 16.6. The van der Waals surface area contributed by atoms with E-state index in [2.05, 4.69) is 10.2 Å². The molecule has 8 heteroatoms. The lowest BCUT2D eigenvalue weighted by molar-refractivity contribution is 0.0239. The lowest BCUT2D eigenvalue weighted by Gasteiger charge is -2.24. The van der Waals surface area contributed by atoms with E-state index in [-0.39, 0.29) is 6.09 Å². The molecule has 0 saturated carbocycles. The Bertz CT molecular complexity index is 867. The van der Waals surface area contributed by atoms with Crippen molar-refractivity contribution < 1.29 is 19.1 Å². The predicted molar refractivity (Wildman–Crippen MR) is 99.1 cm³/mol. The van der Waals surface area contributed by atoms with Crippen molar-refractivity contribution in [3.63, 3.8) is 0 Å². The number of amides is 1. The first-order valence-electron chi connectivity index (χ1n) is 8.90. The van der Waals surface area contributed by atoms with Crippen LogP contribution in [-0.4, -0.2) is 43.1 Å². The van der Waals surface area contributed by atoms with E-state index in [9.17, 15) is 9.59 Å². The van der Waals surface area contributed by atoms with E-state index in [1.165, 1.54) is 4.57 Å². The summed E-state index contributed by atoms with van der Waals surface area (Å²) in [5, 5.41) is 7.33. The van der Waals surface area contributed by atoms with Gasteiger partial charge in [0.1, 0.15) is 16.9 Å². The minimum Gasteiger partial charge on any atom is -0.444 e. The molecule has 146 valence electrons. The lowest BCUT2D eigenvalue weighted by Crippen LogP contribution is -2.33. The van der Waals surface area contributed by atoms with Crippen molar-refractivity contribution in [2.24, 2.45) is 0 Å². The molecule has 0 saturated heterocycles. The van der Waals surface area contributed by atoms with Crippen LogP contribution in [0, 0.1) is 0 Å². The first-order valence-corrected chi connectivity index (χ1v) is 8.90. The first kappa shape index (κ1) is 19.0. The number of ether oxygens (including phenoxy) is 2. The fourth-order valence-electron chi connectivity index (χ4n) is 2.85. The first-order chi connectivity index (χ1) is 12.4. The van der Waals surface area contributed by atoms with Crippen LogP contribution in [0.5, 0.6) is 0 Å². The molecule has 0 atom stereocenters. The summed E-state index contributed by atoms with van der Waals surface area (Å²) in [4.78, 5) is 26.4. The summed E-state index contributed by atoms with van der Waals surface area (Å²) in [5.41, 5.74) is 1.82. The second kappa shape index (κ2) is 6.44. The molecule has 0 aliphatic carbocycles. The fourth-order valence-corrected chi connectivity index (χ4v) is 2.85. The van der Waals surface area contributed by atoms with Crippen LogP contribution < -0.4 is 0 Å². The van der Waals surface area contributed by atoms with E-state index in [1.807, 2.05) is 41.5 Å². The zero-order valence-electron chi connectivity index (χ0n) is 16.6. The Labute approximate surface area is 158 Å². The monoisotopic (exact) mass is 374 g/mol. The zero-order valence-corrected chi connectivity index (χ0v) is 16.6. The number of aromatic amines is 1. The molecule has 0 fully saturated rings. The number of carbonyl (C=O) groups excluding carboxylic acids is 2. The van der Waals surface area contributed by atoms with Gasteiger partial charge in [-0.2, -0.15) is 5.10 Å². The third-order valence-corrected chi connectivity index (χ3v) is 3.88. The van der Waals surface area contributed by atoms with Crippen LogP contribution >= 0.6 is 0 Å². The van der Waals surface area contributed by atoms with Gasteiger partial charge in [0, 0.05) is 11.8 Å². The number of rotatable bonds is 1. The van der Waals surface area contributed by atoms with Gasteiger partial charge in [-0.1, -0.05) is 0 Å². The van der Waals surface area contributed by atoms with E-state index in [0.29, 0.717) is 24.5 Å². The number of fused-ring (bicyclic) bond motifs is 1. The fraction of sp³-hybridized carbons (Fsp3) is 0.526. The van der Waals surface area contributed by atoms with Gasteiger partial charge < -0.3 is 9.47 Å². The van der Waals surface area contributed by atoms with E-state index in [4.69, 9.17) is 9.47 Å². The Kier molecular flexibility index (Phi) is 4.53. The number of hydrogen-bond acceptors (Lipinski definition) is 5. The summed E-state index contributed by atoms with van der Waals surface area (Å²) >= 11 is 0. The van der Waals surface area contributed by atoms with E-state index in [1.54, 1.807) is 23.2 Å². The highest BCUT2D eigenvalue weighted by Gasteiger charge is 2.32. The molecule has 27 heavy (non-hydrogen) atoms. The van der Waals surface area contributed by atoms with Gasteiger partial charge in [0.25, 0.3) is 0 Å². The smallest absolute Gasteiger partial charge is 0.419 e. The zero-order chi connectivity index (χ0) is 20.0. The summed E-state index contributed by atoms with van der Waals surface area (Å²) in [6, 6.07) is 3.57. The van der Waals surface area contributed by atoms with Crippen LogP contribution in [0.4, 0.5) is 9.59 Å². The Hall–Kier alpha value is -2.77. The van der Waals surface area contributed by atoms with Gasteiger partial charge in [-0.25, -0.2) is 9.59 Å². The molecule has 3 rings (SSSR count). The third-order valence-electron chi connectivity index (χ3n) is 3.88. The van der Waals surface area contributed by atoms with Crippen molar-refractivity contribution in [1.82, 2.24) is 19.7 Å². The third kappa shape index (κ3) is 4.15. The van der Waals surface area contributed by atoms with Gasteiger partial charge in [0.2, 0.25) is 0 Å². The van der Waals surface area contributed by atoms with Crippen molar-refractivity contribution in [3.05, 3.63) is 29.6 Å². The molecule has 1 N–H and O–H groups in total. The largest absolute Gasteiger partial charge is 0.444 e. The number of hydrogen-bond donors (Lipinski definition) is 1. The number of H-pyrrole nitrogens is 1. The number of nitrogens with one attached hydrogen (secondary N) is 1. The summed E-state index contributed by atoms with van der Waals surface area (Å²) in [6.45, 7) is 11.7. The van der Waals surface area contributed by atoms with Crippen LogP contribution in [0.3, 0.4) is 0 Å².